The minimum absolute atomic E-state index is 0.869. The number of thiophene rings is 1. The molecular formula is C11H11NS. The second-order valence-corrected chi connectivity index (χ2v) is 3.99. The zero-order valence-electron chi connectivity index (χ0n) is 7.45. The summed E-state index contributed by atoms with van der Waals surface area (Å²) in [5.74, 6) is 0. The van der Waals surface area contributed by atoms with Crippen molar-refractivity contribution >= 4 is 17.0 Å². The maximum atomic E-state index is 5.82. The van der Waals surface area contributed by atoms with Gasteiger partial charge in [-0.1, -0.05) is 29.8 Å². The largest absolute Gasteiger partial charge is 0.398 e. The second kappa shape index (κ2) is 3.23. The van der Waals surface area contributed by atoms with Gasteiger partial charge in [0, 0.05) is 0 Å². The van der Waals surface area contributed by atoms with Crippen LogP contribution in [0.1, 0.15) is 5.56 Å². The van der Waals surface area contributed by atoms with Gasteiger partial charge in [-0.2, -0.15) is 0 Å². The molecule has 2 heteroatoms. The minimum Gasteiger partial charge on any atom is -0.398 e. The van der Waals surface area contributed by atoms with E-state index < -0.39 is 0 Å². The molecule has 13 heavy (non-hydrogen) atoms. The molecule has 0 bridgehead atoms. The van der Waals surface area contributed by atoms with E-state index in [1.807, 2.05) is 11.4 Å². The van der Waals surface area contributed by atoms with Crippen LogP contribution in [0.25, 0.3) is 10.4 Å². The Morgan fingerprint density at radius 2 is 1.77 bits per heavy atom. The number of benzene rings is 1. The van der Waals surface area contributed by atoms with Crippen molar-refractivity contribution in [2.75, 3.05) is 5.73 Å². The van der Waals surface area contributed by atoms with Gasteiger partial charge in [0.2, 0.25) is 0 Å². The van der Waals surface area contributed by atoms with Crippen molar-refractivity contribution in [3.05, 3.63) is 41.3 Å². The third kappa shape index (κ3) is 1.58. The van der Waals surface area contributed by atoms with E-state index in [1.165, 1.54) is 16.0 Å². The Balaban J connectivity index is 2.47. The molecule has 1 aromatic heterocycles. The highest BCUT2D eigenvalue weighted by Crippen LogP contribution is 2.31. The van der Waals surface area contributed by atoms with Crippen LogP contribution in [0.15, 0.2) is 35.7 Å². The third-order valence-electron chi connectivity index (χ3n) is 2.01. The summed E-state index contributed by atoms with van der Waals surface area (Å²) in [6.07, 6.45) is 0. The standard InChI is InChI=1S/C11H11NS/c1-8-2-4-9(5-3-8)11-10(12)6-7-13-11/h2-7H,12H2,1H3. The molecule has 1 aromatic carbocycles. The van der Waals surface area contributed by atoms with Gasteiger partial charge in [0.15, 0.2) is 0 Å². The third-order valence-corrected chi connectivity index (χ3v) is 2.99. The van der Waals surface area contributed by atoms with Crippen LogP contribution < -0.4 is 5.73 Å². The van der Waals surface area contributed by atoms with Crippen molar-refractivity contribution in [1.29, 1.82) is 0 Å². The van der Waals surface area contributed by atoms with Crippen molar-refractivity contribution in [2.24, 2.45) is 0 Å². The highest BCUT2D eigenvalue weighted by atomic mass is 32.1. The van der Waals surface area contributed by atoms with Crippen LogP contribution in [0.2, 0.25) is 0 Å². The van der Waals surface area contributed by atoms with E-state index >= 15 is 0 Å². The Bertz CT molecular complexity index is 400. The SMILES string of the molecule is Cc1ccc(-c2sccc2N)cc1. The van der Waals surface area contributed by atoms with Crippen LogP contribution in [0.4, 0.5) is 5.69 Å². The van der Waals surface area contributed by atoms with Gasteiger partial charge < -0.3 is 5.73 Å². The lowest BCUT2D eigenvalue weighted by Gasteiger charge is -1.99. The first-order chi connectivity index (χ1) is 6.27. The van der Waals surface area contributed by atoms with Crippen molar-refractivity contribution in [2.45, 2.75) is 6.92 Å². The smallest absolute Gasteiger partial charge is 0.0572 e. The van der Waals surface area contributed by atoms with Crippen molar-refractivity contribution in [3.8, 4) is 10.4 Å². The van der Waals surface area contributed by atoms with Gasteiger partial charge in [0.1, 0.15) is 0 Å². The van der Waals surface area contributed by atoms with E-state index in [9.17, 15) is 0 Å². The highest BCUT2D eigenvalue weighted by molar-refractivity contribution is 7.14. The van der Waals surface area contributed by atoms with Gasteiger partial charge in [-0.15, -0.1) is 11.3 Å². The van der Waals surface area contributed by atoms with Crippen LogP contribution in [-0.2, 0) is 0 Å². The Morgan fingerprint density at radius 3 is 2.31 bits per heavy atom. The summed E-state index contributed by atoms with van der Waals surface area (Å²) < 4.78 is 0. The summed E-state index contributed by atoms with van der Waals surface area (Å²) in [6, 6.07) is 10.4. The molecule has 66 valence electrons. The molecule has 1 nitrogen and oxygen atoms in total. The van der Waals surface area contributed by atoms with Crippen molar-refractivity contribution < 1.29 is 0 Å². The molecule has 0 aliphatic carbocycles. The van der Waals surface area contributed by atoms with E-state index in [1.54, 1.807) is 11.3 Å². The molecule has 1 heterocycles. The van der Waals surface area contributed by atoms with Crippen molar-refractivity contribution in [3.63, 3.8) is 0 Å². The normalized spacial score (nSPS) is 10.2. The predicted molar refractivity (Wildman–Crippen MR) is 58.9 cm³/mol. The van der Waals surface area contributed by atoms with Gasteiger partial charge in [0.05, 0.1) is 10.6 Å². The minimum atomic E-state index is 0.869. The van der Waals surface area contributed by atoms with E-state index in [2.05, 4.69) is 31.2 Å². The molecule has 0 radical (unpaired) electrons. The van der Waals surface area contributed by atoms with Gasteiger partial charge in [-0.25, -0.2) is 0 Å². The molecular weight excluding hydrogens is 178 g/mol. The van der Waals surface area contributed by atoms with Crippen LogP contribution in [0.3, 0.4) is 0 Å². The molecule has 2 N–H and O–H groups in total. The fourth-order valence-corrected chi connectivity index (χ4v) is 2.09. The first-order valence-electron chi connectivity index (χ1n) is 4.17. The zero-order valence-corrected chi connectivity index (χ0v) is 8.27. The van der Waals surface area contributed by atoms with Gasteiger partial charge >= 0.3 is 0 Å². The molecule has 0 aliphatic heterocycles. The molecule has 0 aliphatic rings. The molecule has 0 saturated carbocycles. The number of aryl methyl sites for hydroxylation is 1. The van der Waals surface area contributed by atoms with E-state index in [0.717, 1.165) is 5.69 Å². The van der Waals surface area contributed by atoms with Crippen LogP contribution >= 0.6 is 11.3 Å². The summed E-state index contributed by atoms with van der Waals surface area (Å²) >= 11 is 1.68. The fourth-order valence-electron chi connectivity index (χ4n) is 1.26. The fraction of sp³-hybridized carbons (Fsp3) is 0.0909. The average Bonchev–Trinajstić information content (AvgIpc) is 2.53. The average molecular weight is 189 g/mol. The Kier molecular flexibility index (Phi) is 2.07. The summed E-state index contributed by atoms with van der Waals surface area (Å²) in [6.45, 7) is 2.08. The molecule has 2 rings (SSSR count). The number of hydrogen-bond acceptors (Lipinski definition) is 2. The lowest BCUT2D eigenvalue weighted by atomic mass is 10.1. The molecule has 0 atom stereocenters. The summed E-state index contributed by atoms with van der Waals surface area (Å²) in [5, 5.41) is 2.02. The first kappa shape index (κ1) is 8.32. The number of nitrogens with two attached hydrogens (primary N) is 1. The molecule has 2 aromatic rings. The second-order valence-electron chi connectivity index (χ2n) is 3.07. The first-order valence-corrected chi connectivity index (χ1v) is 5.05. The lowest BCUT2D eigenvalue weighted by Crippen LogP contribution is -1.83. The van der Waals surface area contributed by atoms with E-state index in [-0.39, 0.29) is 0 Å². The zero-order chi connectivity index (χ0) is 9.26. The van der Waals surface area contributed by atoms with Gasteiger partial charge in [0.25, 0.3) is 0 Å². The number of rotatable bonds is 1. The van der Waals surface area contributed by atoms with Gasteiger partial charge in [-0.3, -0.25) is 0 Å². The molecule has 0 amide bonds. The Morgan fingerprint density at radius 1 is 1.08 bits per heavy atom. The summed E-state index contributed by atoms with van der Waals surface area (Å²) in [7, 11) is 0. The summed E-state index contributed by atoms with van der Waals surface area (Å²) in [5.41, 5.74) is 9.17. The maximum absolute atomic E-state index is 5.82. The predicted octanol–water partition coefficient (Wildman–Crippen LogP) is 3.31. The quantitative estimate of drug-likeness (QED) is 0.731. The van der Waals surface area contributed by atoms with E-state index in [4.69, 9.17) is 5.73 Å². The van der Waals surface area contributed by atoms with Crippen LogP contribution in [0, 0.1) is 6.92 Å². The number of nitrogen functional groups attached to an aromatic ring is 1. The van der Waals surface area contributed by atoms with Crippen LogP contribution in [0.5, 0.6) is 0 Å². The summed E-state index contributed by atoms with van der Waals surface area (Å²) in [4.78, 5) is 1.17. The van der Waals surface area contributed by atoms with E-state index in [0.29, 0.717) is 0 Å². The number of anilines is 1. The monoisotopic (exact) mass is 189 g/mol. The molecule has 0 saturated heterocycles. The van der Waals surface area contributed by atoms with Gasteiger partial charge in [-0.05, 0) is 23.9 Å². The lowest BCUT2D eigenvalue weighted by molar-refractivity contribution is 1.48. The molecule has 0 spiro atoms. The van der Waals surface area contributed by atoms with Crippen LogP contribution in [-0.4, -0.2) is 0 Å². The Labute approximate surface area is 81.8 Å². The molecule has 0 unspecified atom stereocenters. The highest BCUT2D eigenvalue weighted by Gasteiger charge is 2.02. The number of hydrogen-bond donors (Lipinski definition) is 1. The maximum Gasteiger partial charge on any atom is 0.0572 e. The topological polar surface area (TPSA) is 26.0 Å². The Hall–Kier alpha value is -1.28. The van der Waals surface area contributed by atoms with Crippen molar-refractivity contribution in [1.82, 2.24) is 0 Å². The molecule has 0 fully saturated rings.